The summed E-state index contributed by atoms with van der Waals surface area (Å²) in [5.41, 5.74) is 6.75. The van der Waals surface area contributed by atoms with Crippen LogP contribution < -0.4 is 16.4 Å². The molecule has 2 rings (SSSR count). The van der Waals surface area contributed by atoms with Crippen LogP contribution in [0.4, 0.5) is 0 Å². The van der Waals surface area contributed by atoms with Crippen LogP contribution in [0.1, 0.15) is 35.7 Å². The molecule has 1 fully saturated rings. The van der Waals surface area contributed by atoms with E-state index in [0.717, 1.165) is 44.1 Å². The zero-order valence-electron chi connectivity index (χ0n) is 15.2. The SMILES string of the molecule is CCNC(=NCc1cccc(C(N)=O)c1)NCCCOC1CCOC1.I. The zero-order valence-corrected chi connectivity index (χ0v) is 17.5. The molecule has 0 aliphatic carbocycles. The van der Waals surface area contributed by atoms with Crippen LogP contribution in [0.2, 0.25) is 0 Å². The van der Waals surface area contributed by atoms with Crippen LogP contribution >= 0.6 is 24.0 Å². The Bertz CT molecular complexity index is 577. The smallest absolute Gasteiger partial charge is 0.248 e. The number of nitrogens with one attached hydrogen (secondary N) is 2. The molecule has 146 valence electrons. The number of rotatable bonds is 9. The van der Waals surface area contributed by atoms with Crippen LogP contribution in [0, 0.1) is 0 Å². The van der Waals surface area contributed by atoms with Gasteiger partial charge in [0.15, 0.2) is 5.96 Å². The molecule has 1 aliphatic rings. The van der Waals surface area contributed by atoms with E-state index in [9.17, 15) is 4.79 Å². The first kappa shape index (κ1) is 22.7. The maximum atomic E-state index is 11.2. The summed E-state index contributed by atoms with van der Waals surface area (Å²) in [6.07, 6.45) is 2.14. The fourth-order valence-electron chi connectivity index (χ4n) is 2.51. The standard InChI is InChI=1S/C18H28N4O3.HI/c1-2-20-18(21-8-4-9-25-16-7-10-24-13-16)22-12-14-5-3-6-15(11-14)17(19)23;/h3,5-6,11,16H,2,4,7-10,12-13H2,1H3,(H2,19,23)(H2,20,21,22);1H. The van der Waals surface area contributed by atoms with Crippen molar-refractivity contribution in [3.63, 3.8) is 0 Å². The number of halogens is 1. The van der Waals surface area contributed by atoms with Crippen LogP contribution in [-0.4, -0.2) is 50.9 Å². The van der Waals surface area contributed by atoms with Crippen LogP contribution in [0.3, 0.4) is 0 Å². The molecule has 1 unspecified atom stereocenters. The van der Waals surface area contributed by atoms with Gasteiger partial charge in [0.2, 0.25) is 5.91 Å². The number of hydrogen-bond acceptors (Lipinski definition) is 4. The Labute approximate surface area is 172 Å². The van der Waals surface area contributed by atoms with Gasteiger partial charge >= 0.3 is 0 Å². The molecule has 7 nitrogen and oxygen atoms in total. The third-order valence-electron chi connectivity index (χ3n) is 3.83. The number of aliphatic imine (C=N–C) groups is 1. The summed E-state index contributed by atoms with van der Waals surface area (Å²) in [5, 5.41) is 6.50. The topological polar surface area (TPSA) is 98.0 Å². The van der Waals surface area contributed by atoms with Gasteiger partial charge in [-0.15, -0.1) is 24.0 Å². The Morgan fingerprint density at radius 2 is 2.27 bits per heavy atom. The molecule has 1 aliphatic heterocycles. The number of nitrogens with two attached hydrogens (primary N) is 1. The zero-order chi connectivity index (χ0) is 17.9. The van der Waals surface area contributed by atoms with Crippen LogP contribution in [0.25, 0.3) is 0 Å². The Morgan fingerprint density at radius 1 is 1.42 bits per heavy atom. The van der Waals surface area contributed by atoms with Gasteiger partial charge in [-0.25, -0.2) is 4.99 Å². The predicted octanol–water partition coefficient (Wildman–Crippen LogP) is 1.65. The molecule has 1 aromatic rings. The fourth-order valence-corrected chi connectivity index (χ4v) is 2.51. The minimum Gasteiger partial charge on any atom is -0.379 e. The van der Waals surface area contributed by atoms with Gasteiger partial charge in [0, 0.05) is 31.9 Å². The first-order valence-corrected chi connectivity index (χ1v) is 8.79. The van der Waals surface area contributed by atoms with Crippen LogP contribution in [0.15, 0.2) is 29.3 Å². The molecule has 0 aromatic heterocycles. The Balaban J connectivity index is 0.00000338. The molecule has 0 saturated carbocycles. The van der Waals surface area contributed by atoms with Crippen LogP contribution in [-0.2, 0) is 16.0 Å². The van der Waals surface area contributed by atoms with Gasteiger partial charge in [0.05, 0.1) is 19.3 Å². The minimum atomic E-state index is -0.427. The van der Waals surface area contributed by atoms with Gasteiger partial charge in [-0.05, 0) is 37.5 Å². The molecule has 0 spiro atoms. The van der Waals surface area contributed by atoms with Crippen molar-refractivity contribution in [2.75, 3.05) is 32.9 Å². The number of carbonyl (C=O) groups is 1. The maximum Gasteiger partial charge on any atom is 0.248 e. The molecule has 1 amide bonds. The quantitative estimate of drug-likeness (QED) is 0.218. The van der Waals surface area contributed by atoms with Crippen molar-refractivity contribution in [3.8, 4) is 0 Å². The average Bonchev–Trinajstić information content (AvgIpc) is 3.13. The second-order valence-corrected chi connectivity index (χ2v) is 5.90. The summed E-state index contributed by atoms with van der Waals surface area (Å²) in [7, 11) is 0. The number of primary amides is 1. The second kappa shape index (κ2) is 12.9. The average molecular weight is 476 g/mol. The number of guanidine groups is 1. The third-order valence-corrected chi connectivity index (χ3v) is 3.83. The first-order valence-electron chi connectivity index (χ1n) is 8.79. The minimum absolute atomic E-state index is 0. The molecule has 26 heavy (non-hydrogen) atoms. The van der Waals surface area contributed by atoms with Crippen molar-refractivity contribution in [1.82, 2.24) is 10.6 Å². The van der Waals surface area contributed by atoms with E-state index >= 15 is 0 Å². The number of ether oxygens (including phenoxy) is 2. The number of hydrogen-bond donors (Lipinski definition) is 3. The highest BCUT2D eigenvalue weighted by atomic mass is 127. The molecule has 0 bridgehead atoms. The van der Waals surface area contributed by atoms with Gasteiger partial charge in [0.1, 0.15) is 0 Å². The molecule has 1 heterocycles. The van der Waals surface area contributed by atoms with Crippen molar-refractivity contribution in [2.24, 2.45) is 10.7 Å². The lowest BCUT2D eigenvalue weighted by Gasteiger charge is -2.13. The molecule has 1 saturated heterocycles. The Hall–Kier alpha value is -1.39. The summed E-state index contributed by atoms with van der Waals surface area (Å²) in [5.74, 6) is 0.319. The number of carbonyl (C=O) groups excluding carboxylic acids is 1. The van der Waals surface area contributed by atoms with Gasteiger partial charge in [-0.2, -0.15) is 0 Å². The van der Waals surface area contributed by atoms with E-state index in [-0.39, 0.29) is 30.1 Å². The normalized spacial score (nSPS) is 16.8. The largest absolute Gasteiger partial charge is 0.379 e. The highest BCUT2D eigenvalue weighted by molar-refractivity contribution is 14.0. The van der Waals surface area contributed by atoms with Crippen molar-refractivity contribution in [3.05, 3.63) is 35.4 Å². The lowest BCUT2D eigenvalue weighted by Crippen LogP contribution is -2.38. The monoisotopic (exact) mass is 476 g/mol. The Kier molecular flexibility index (Phi) is 11.2. The lowest BCUT2D eigenvalue weighted by atomic mass is 10.1. The first-order chi connectivity index (χ1) is 12.2. The van der Waals surface area contributed by atoms with Crippen molar-refractivity contribution in [2.45, 2.75) is 32.4 Å². The van der Waals surface area contributed by atoms with Gasteiger partial charge in [-0.3, -0.25) is 4.79 Å². The summed E-state index contributed by atoms with van der Waals surface area (Å²) in [4.78, 5) is 15.8. The van der Waals surface area contributed by atoms with E-state index in [1.54, 1.807) is 12.1 Å². The van der Waals surface area contributed by atoms with Crippen LogP contribution in [0.5, 0.6) is 0 Å². The third kappa shape index (κ3) is 8.33. The van der Waals surface area contributed by atoms with E-state index in [0.29, 0.717) is 25.3 Å². The predicted molar refractivity (Wildman–Crippen MR) is 113 cm³/mol. The van der Waals surface area contributed by atoms with Gasteiger partial charge < -0.3 is 25.8 Å². The van der Waals surface area contributed by atoms with Crippen molar-refractivity contribution in [1.29, 1.82) is 0 Å². The molecule has 4 N–H and O–H groups in total. The maximum absolute atomic E-state index is 11.2. The Morgan fingerprint density at radius 3 is 2.96 bits per heavy atom. The molecule has 0 radical (unpaired) electrons. The summed E-state index contributed by atoms with van der Waals surface area (Å²) in [6, 6.07) is 7.22. The van der Waals surface area contributed by atoms with E-state index in [4.69, 9.17) is 15.2 Å². The molecule has 1 atom stereocenters. The number of amides is 1. The van der Waals surface area contributed by atoms with E-state index in [1.807, 2.05) is 19.1 Å². The second-order valence-electron chi connectivity index (χ2n) is 5.90. The molecular formula is C18H29IN4O3. The highest BCUT2D eigenvalue weighted by Gasteiger charge is 2.15. The summed E-state index contributed by atoms with van der Waals surface area (Å²) >= 11 is 0. The van der Waals surface area contributed by atoms with Crippen molar-refractivity contribution >= 4 is 35.8 Å². The molecular weight excluding hydrogens is 447 g/mol. The number of nitrogens with zero attached hydrogens (tertiary/aromatic N) is 1. The molecule has 8 heteroatoms. The summed E-state index contributed by atoms with van der Waals surface area (Å²) in [6.45, 7) is 6.28. The van der Waals surface area contributed by atoms with E-state index in [1.165, 1.54) is 0 Å². The van der Waals surface area contributed by atoms with Gasteiger partial charge in [-0.1, -0.05) is 12.1 Å². The molecule has 1 aromatic carbocycles. The highest BCUT2D eigenvalue weighted by Crippen LogP contribution is 2.08. The van der Waals surface area contributed by atoms with Gasteiger partial charge in [0.25, 0.3) is 0 Å². The number of benzene rings is 1. The van der Waals surface area contributed by atoms with E-state index < -0.39 is 5.91 Å². The summed E-state index contributed by atoms with van der Waals surface area (Å²) < 4.78 is 11.0. The van der Waals surface area contributed by atoms with E-state index in [2.05, 4.69) is 15.6 Å². The fraction of sp³-hybridized carbons (Fsp3) is 0.556. The lowest BCUT2D eigenvalue weighted by molar-refractivity contribution is 0.0420. The van der Waals surface area contributed by atoms with Crippen molar-refractivity contribution < 1.29 is 14.3 Å².